The largest absolute Gasteiger partial charge is 0.324 e. The van der Waals surface area contributed by atoms with Crippen molar-refractivity contribution in [3.63, 3.8) is 0 Å². The first-order valence-electron chi connectivity index (χ1n) is 9.13. The summed E-state index contributed by atoms with van der Waals surface area (Å²) in [6.07, 6.45) is 3.09. The van der Waals surface area contributed by atoms with Gasteiger partial charge in [0.05, 0.1) is 11.8 Å². The van der Waals surface area contributed by atoms with Crippen molar-refractivity contribution in [1.29, 1.82) is 0 Å². The molecule has 2 aliphatic carbocycles. The van der Waals surface area contributed by atoms with E-state index in [-0.39, 0.29) is 29.6 Å². The summed E-state index contributed by atoms with van der Waals surface area (Å²) in [6.45, 7) is 5.65. The van der Waals surface area contributed by atoms with Crippen LogP contribution in [0.3, 0.4) is 0 Å². The standard InChI is InChI=1S/C20H24N2O3/c1-10-4-7-15(8-11(10)2)21-18(23)12(3)22-19(24)16-13-5-6-14(9-13)17(16)20(22)25/h4,7-8,12-14,16-17H,5-6,9H2,1-3H3,(H,21,23). The lowest BCUT2D eigenvalue weighted by molar-refractivity contribution is -0.146. The van der Waals surface area contributed by atoms with Crippen LogP contribution in [-0.2, 0) is 14.4 Å². The van der Waals surface area contributed by atoms with Crippen molar-refractivity contribution in [2.24, 2.45) is 23.7 Å². The van der Waals surface area contributed by atoms with E-state index in [1.807, 2.05) is 32.0 Å². The van der Waals surface area contributed by atoms with E-state index < -0.39 is 6.04 Å². The molecule has 5 atom stereocenters. The summed E-state index contributed by atoms with van der Waals surface area (Å²) >= 11 is 0. The molecule has 0 spiro atoms. The summed E-state index contributed by atoms with van der Waals surface area (Å²) < 4.78 is 0. The Kier molecular flexibility index (Phi) is 3.71. The van der Waals surface area contributed by atoms with Gasteiger partial charge in [0, 0.05) is 5.69 Å². The van der Waals surface area contributed by atoms with Crippen molar-refractivity contribution in [3.8, 4) is 0 Å². The lowest BCUT2D eigenvalue weighted by atomic mass is 9.81. The van der Waals surface area contributed by atoms with E-state index in [2.05, 4.69) is 5.32 Å². The van der Waals surface area contributed by atoms with Crippen molar-refractivity contribution < 1.29 is 14.4 Å². The first kappa shape index (κ1) is 16.3. The highest BCUT2D eigenvalue weighted by Crippen LogP contribution is 2.56. The fraction of sp³-hybridized carbons (Fsp3) is 0.550. The summed E-state index contributed by atoms with van der Waals surface area (Å²) in [5, 5.41) is 2.85. The van der Waals surface area contributed by atoms with Crippen LogP contribution in [0.5, 0.6) is 0 Å². The van der Waals surface area contributed by atoms with E-state index in [9.17, 15) is 14.4 Å². The van der Waals surface area contributed by atoms with Crippen molar-refractivity contribution in [2.75, 3.05) is 5.32 Å². The number of benzene rings is 1. The number of hydrogen-bond donors (Lipinski definition) is 1. The molecular formula is C20H24N2O3. The Balaban J connectivity index is 1.51. The van der Waals surface area contributed by atoms with Gasteiger partial charge >= 0.3 is 0 Å². The molecule has 3 aliphatic rings. The smallest absolute Gasteiger partial charge is 0.247 e. The van der Waals surface area contributed by atoms with Crippen molar-refractivity contribution in [2.45, 2.75) is 46.1 Å². The molecule has 3 fully saturated rings. The molecule has 2 saturated carbocycles. The average Bonchev–Trinajstić information content (AvgIpc) is 3.24. The number of nitrogens with zero attached hydrogens (tertiary/aromatic N) is 1. The van der Waals surface area contributed by atoms with Gasteiger partial charge in [-0.15, -0.1) is 0 Å². The van der Waals surface area contributed by atoms with Crippen LogP contribution in [0.2, 0.25) is 0 Å². The van der Waals surface area contributed by atoms with Crippen LogP contribution in [0, 0.1) is 37.5 Å². The number of amides is 3. The molecule has 25 heavy (non-hydrogen) atoms. The second-order valence-corrected chi connectivity index (χ2v) is 7.90. The van der Waals surface area contributed by atoms with Gasteiger partial charge in [-0.2, -0.15) is 0 Å². The maximum Gasteiger partial charge on any atom is 0.247 e. The lowest BCUT2D eigenvalue weighted by Gasteiger charge is -2.24. The molecule has 2 bridgehead atoms. The zero-order chi connectivity index (χ0) is 17.9. The SMILES string of the molecule is Cc1ccc(NC(=O)C(C)N2C(=O)C3C4CCC(C4)C3C2=O)cc1C. The second-order valence-electron chi connectivity index (χ2n) is 7.90. The number of rotatable bonds is 3. The van der Waals surface area contributed by atoms with Crippen LogP contribution in [-0.4, -0.2) is 28.7 Å². The quantitative estimate of drug-likeness (QED) is 0.860. The van der Waals surface area contributed by atoms with Crippen LogP contribution < -0.4 is 5.32 Å². The maximum absolute atomic E-state index is 12.8. The Morgan fingerprint density at radius 1 is 1.08 bits per heavy atom. The minimum absolute atomic E-state index is 0.134. The third-order valence-corrected chi connectivity index (χ3v) is 6.50. The van der Waals surface area contributed by atoms with Crippen molar-refractivity contribution in [1.82, 2.24) is 4.90 Å². The Morgan fingerprint density at radius 3 is 2.24 bits per heavy atom. The fourth-order valence-corrected chi connectivity index (χ4v) is 5.00. The monoisotopic (exact) mass is 340 g/mol. The molecule has 1 aliphatic heterocycles. The van der Waals surface area contributed by atoms with Crippen LogP contribution in [0.15, 0.2) is 18.2 Å². The van der Waals surface area contributed by atoms with E-state index in [4.69, 9.17) is 0 Å². The summed E-state index contributed by atoms with van der Waals surface area (Å²) in [6, 6.07) is 4.92. The van der Waals surface area contributed by atoms with Gasteiger partial charge in [0.1, 0.15) is 6.04 Å². The lowest BCUT2D eigenvalue weighted by Crippen LogP contribution is -2.46. The van der Waals surface area contributed by atoms with E-state index in [0.29, 0.717) is 17.5 Å². The number of imide groups is 1. The van der Waals surface area contributed by atoms with Gasteiger partial charge in [-0.25, -0.2) is 0 Å². The first-order valence-corrected chi connectivity index (χ1v) is 9.13. The molecule has 5 heteroatoms. The van der Waals surface area contributed by atoms with Gasteiger partial charge < -0.3 is 5.32 Å². The molecule has 0 aromatic heterocycles. The highest BCUT2D eigenvalue weighted by Gasteiger charge is 2.62. The minimum atomic E-state index is -0.772. The second kappa shape index (κ2) is 5.68. The predicted octanol–water partition coefficient (Wildman–Crippen LogP) is 2.66. The number of aryl methyl sites for hydroxylation is 2. The zero-order valence-corrected chi connectivity index (χ0v) is 14.9. The van der Waals surface area contributed by atoms with Gasteiger partial charge in [-0.1, -0.05) is 6.07 Å². The van der Waals surface area contributed by atoms with Gasteiger partial charge in [0.25, 0.3) is 0 Å². The molecule has 1 aromatic rings. The molecule has 132 valence electrons. The predicted molar refractivity (Wildman–Crippen MR) is 93.7 cm³/mol. The molecule has 1 aromatic carbocycles. The summed E-state index contributed by atoms with van der Waals surface area (Å²) in [4.78, 5) is 39.5. The maximum atomic E-state index is 12.8. The molecule has 4 rings (SSSR count). The number of nitrogens with one attached hydrogen (secondary N) is 1. The average molecular weight is 340 g/mol. The number of fused-ring (bicyclic) bond motifs is 5. The highest BCUT2D eigenvalue weighted by molar-refractivity contribution is 6.10. The molecule has 0 radical (unpaired) electrons. The first-order chi connectivity index (χ1) is 11.9. The van der Waals surface area contributed by atoms with Crippen molar-refractivity contribution >= 4 is 23.4 Å². The van der Waals surface area contributed by atoms with Crippen LogP contribution in [0.4, 0.5) is 5.69 Å². The van der Waals surface area contributed by atoms with Crippen LogP contribution in [0.1, 0.15) is 37.3 Å². The summed E-state index contributed by atoms with van der Waals surface area (Å²) in [7, 11) is 0. The Hall–Kier alpha value is -2.17. The molecule has 5 nitrogen and oxygen atoms in total. The van der Waals surface area contributed by atoms with Gasteiger partial charge in [-0.3, -0.25) is 19.3 Å². The molecule has 1 saturated heterocycles. The molecule has 1 heterocycles. The van der Waals surface area contributed by atoms with Gasteiger partial charge in [0.15, 0.2) is 0 Å². The molecular weight excluding hydrogens is 316 g/mol. The number of likely N-dealkylation sites (tertiary alicyclic amines) is 1. The normalized spacial score (nSPS) is 31.4. The Bertz CT molecular complexity index is 744. The number of carbonyl (C=O) groups is 3. The Morgan fingerprint density at radius 2 is 1.68 bits per heavy atom. The topological polar surface area (TPSA) is 66.5 Å². The van der Waals surface area contributed by atoms with E-state index in [1.165, 1.54) is 4.90 Å². The van der Waals surface area contributed by atoms with Gasteiger partial charge in [0.2, 0.25) is 17.7 Å². The number of anilines is 1. The van der Waals surface area contributed by atoms with Crippen molar-refractivity contribution in [3.05, 3.63) is 29.3 Å². The fourth-order valence-electron chi connectivity index (χ4n) is 5.00. The van der Waals surface area contributed by atoms with Crippen LogP contribution in [0.25, 0.3) is 0 Å². The number of carbonyl (C=O) groups excluding carboxylic acids is 3. The van der Waals surface area contributed by atoms with Gasteiger partial charge in [-0.05, 0) is 75.1 Å². The third-order valence-electron chi connectivity index (χ3n) is 6.50. The molecule has 3 amide bonds. The number of hydrogen-bond acceptors (Lipinski definition) is 3. The molecule has 1 N–H and O–H groups in total. The Labute approximate surface area is 147 Å². The van der Waals surface area contributed by atoms with E-state index in [0.717, 1.165) is 30.4 Å². The van der Waals surface area contributed by atoms with Crippen LogP contribution >= 0.6 is 0 Å². The van der Waals surface area contributed by atoms with E-state index >= 15 is 0 Å². The highest BCUT2D eigenvalue weighted by atomic mass is 16.2. The third kappa shape index (κ3) is 2.40. The summed E-state index contributed by atoms with van der Waals surface area (Å²) in [5.41, 5.74) is 2.93. The zero-order valence-electron chi connectivity index (χ0n) is 14.9. The summed E-state index contributed by atoms with van der Waals surface area (Å²) in [5.74, 6) is -0.253. The van der Waals surface area contributed by atoms with E-state index in [1.54, 1.807) is 6.92 Å². The molecule has 5 unspecified atom stereocenters. The minimum Gasteiger partial charge on any atom is -0.324 e.